The van der Waals surface area contributed by atoms with Gasteiger partial charge in [-0.3, -0.25) is 4.79 Å². The summed E-state index contributed by atoms with van der Waals surface area (Å²) in [5, 5.41) is 4.88. The molecule has 0 amide bonds. The minimum atomic E-state index is -0.226. The lowest BCUT2D eigenvalue weighted by Crippen LogP contribution is -2.15. The molecule has 1 aromatic carbocycles. The maximum atomic E-state index is 12.1. The SMILES string of the molecule is Nc1ccnn1C(=O)c1ccc2[nH]ccc2c1. The summed E-state index contributed by atoms with van der Waals surface area (Å²) in [6.45, 7) is 0. The number of aromatic amines is 1. The molecule has 0 aliphatic carbocycles. The highest BCUT2D eigenvalue weighted by atomic mass is 16.2. The van der Waals surface area contributed by atoms with Gasteiger partial charge in [-0.15, -0.1) is 0 Å². The molecule has 17 heavy (non-hydrogen) atoms. The van der Waals surface area contributed by atoms with Crippen LogP contribution in [0.1, 0.15) is 10.4 Å². The number of carbonyl (C=O) groups excluding carboxylic acids is 1. The molecule has 2 heterocycles. The fourth-order valence-electron chi connectivity index (χ4n) is 1.79. The topological polar surface area (TPSA) is 76.7 Å². The number of nitrogens with two attached hydrogens (primary N) is 1. The lowest BCUT2D eigenvalue weighted by molar-refractivity contribution is 0.0948. The summed E-state index contributed by atoms with van der Waals surface area (Å²) < 4.78 is 1.19. The lowest BCUT2D eigenvalue weighted by atomic mass is 10.1. The Morgan fingerprint density at radius 3 is 2.94 bits per heavy atom. The first kappa shape index (κ1) is 9.65. The van der Waals surface area contributed by atoms with Crippen LogP contribution >= 0.6 is 0 Å². The largest absolute Gasteiger partial charge is 0.383 e. The minimum absolute atomic E-state index is 0.226. The predicted octanol–water partition coefficient (Wildman–Crippen LogP) is 1.64. The molecule has 3 aromatic rings. The van der Waals surface area contributed by atoms with Crippen LogP contribution in [0.15, 0.2) is 42.7 Å². The summed E-state index contributed by atoms with van der Waals surface area (Å²) in [6, 6.07) is 8.94. The van der Waals surface area contributed by atoms with Gasteiger partial charge in [0.1, 0.15) is 5.82 Å². The van der Waals surface area contributed by atoms with Gasteiger partial charge in [0.2, 0.25) is 0 Å². The molecule has 0 aliphatic heterocycles. The summed E-state index contributed by atoms with van der Waals surface area (Å²) in [5.74, 6) is 0.111. The van der Waals surface area contributed by atoms with E-state index in [1.807, 2.05) is 24.4 Å². The van der Waals surface area contributed by atoms with Crippen molar-refractivity contribution in [3.63, 3.8) is 0 Å². The molecular weight excluding hydrogens is 216 g/mol. The first-order valence-electron chi connectivity index (χ1n) is 5.17. The number of nitrogens with one attached hydrogen (secondary N) is 1. The number of hydrogen-bond acceptors (Lipinski definition) is 3. The van der Waals surface area contributed by atoms with E-state index in [0.717, 1.165) is 10.9 Å². The molecule has 0 atom stereocenters. The van der Waals surface area contributed by atoms with Crippen LogP contribution in [0.25, 0.3) is 10.9 Å². The van der Waals surface area contributed by atoms with Crippen molar-refractivity contribution < 1.29 is 4.79 Å². The van der Waals surface area contributed by atoms with Gasteiger partial charge in [0.15, 0.2) is 0 Å². The Bertz CT molecular complexity index is 695. The number of nitrogen functional groups attached to an aromatic ring is 1. The first-order chi connectivity index (χ1) is 8.25. The minimum Gasteiger partial charge on any atom is -0.383 e. The standard InChI is InChI=1S/C12H10N4O/c13-11-4-6-15-16(11)12(17)9-1-2-10-8(7-9)3-5-14-10/h1-7,14H,13H2. The van der Waals surface area contributed by atoms with Crippen LogP contribution in [-0.2, 0) is 0 Å². The van der Waals surface area contributed by atoms with Crippen molar-refractivity contribution in [2.24, 2.45) is 0 Å². The number of nitrogens with zero attached hydrogens (tertiary/aromatic N) is 2. The van der Waals surface area contributed by atoms with Crippen LogP contribution in [0.5, 0.6) is 0 Å². The van der Waals surface area contributed by atoms with Crippen molar-refractivity contribution in [1.82, 2.24) is 14.8 Å². The number of H-pyrrole nitrogens is 1. The Balaban J connectivity index is 2.09. The van der Waals surface area contributed by atoms with Crippen LogP contribution in [-0.4, -0.2) is 20.7 Å². The van der Waals surface area contributed by atoms with E-state index in [9.17, 15) is 4.79 Å². The monoisotopic (exact) mass is 226 g/mol. The van der Waals surface area contributed by atoms with E-state index in [1.165, 1.54) is 10.9 Å². The third-order valence-corrected chi connectivity index (χ3v) is 2.66. The molecule has 5 nitrogen and oxygen atoms in total. The van der Waals surface area contributed by atoms with E-state index in [-0.39, 0.29) is 5.91 Å². The third-order valence-electron chi connectivity index (χ3n) is 2.66. The second-order valence-corrected chi connectivity index (χ2v) is 3.75. The molecule has 0 saturated carbocycles. The van der Waals surface area contributed by atoms with Crippen LogP contribution < -0.4 is 5.73 Å². The average molecular weight is 226 g/mol. The van der Waals surface area contributed by atoms with Gasteiger partial charge in [-0.25, -0.2) is 0 Å². The molecule has 3 N–H and O–H groups in total. The van der Waals surface area contributed by atoms with Crippen molar-refractivity contribution in [2.45, 2.75) is 0 Å². The van der Waals surface area contributed by atoms with Gasteiger partial charge in [0, 0.05) is 28.7 Å². The molecule has 5 heteroatoms. The smallest absolute Gasteiger partial charge is 0.280 e. The van der Waals surface area contributed by atoms with Crippen LogP contribution in [0.2, 0.25) is 0 Å². The Labute approximate surface area is 96.9 Å². The zero-order chi connectivity index (χ0) is 11.8. The Kier molecular flexibility index (Phi) is 1.98. The molecule has 0 saturated heterocycles. The summed E-state index contributed by atoms with van der Waals surface area (Å²) >= 11 is 0. The zero-order valence-corrected chi connectivity index (χ0v) is 8.92. The fraction of sp³-hybridized carbons (Fsp3) is 0. The van der Waals surface area contributed by atoms with Crippen LogP contribution in [0, 0.1) is 0 Å². The molecule has 0 radical (unpaired) electrons. The number of hydrogen-bond donors (Lipinski definition) is 2. The highest BCUT2D eigenvalue weighted by molar-refractivity contribution is 6.00. The van der Waals surface area contributed by atoms with Gasteiger partial charge >= 0.3 is 0 Å². The predicted molar refractivity (Wildman–Crippen MR) is 64.7 cm³/mol. The van der Waals surface area contributed by atoms with E-state index in [2.05, 4.69) is 10.1 Å². The molecule has 0 spiro atoms. The average Bonchev–Trinajstić information content (AvgIpc) is 2.95. The second kappa shape index (κ2) is 3.48. The number of anilines is 1. The molecule has 84 valence electrons. The number of fused-ring (bicyclic) bond motifs is 1. The summed E-state index contributed by atoms with van der Waals surface area (Å²) in [4.78, 5) is 15.2. The molecule has 0 fully saturated rings. The van der Waals surface area contributed by atoms with Crippen molar-refractivity contribution in [1.29, 1.82) is 0 Å². The molecule has 0 bridgehead atoms. The van der Waals surface area contributed by atoms with Gasteiger partial charge in [0.25, 0.3) is 5.91 Å². The van der Waals surface area contributed by atoms with Crippen LogP contribution in [0.4, 0.5) is 5.82 Å². The number of carbonyl (C=O) groups is 1. The zero-order valence-electron chi connectivity index (χ0n) is 8.92. The van der Waals surface area contributed by atoms with Crippen LogP contribution in [0.3, 0.4) is 0 Å². The van der Waals surface area contributed by atoms with E-state index in [4.69, 9.17) is 5.73 Å². The van der Waals surface area contributed by atoms with Gasteiger partial charge in [-0.1, -0.05) is 0 Å². The van der Waals surface area contributed by atoms with Crippen molar-refractivity contribution in [2.75, 3.05) is 5.73 Å². The quantitative estimate of drug-likeness (QED) is 0.662. The first-order valence-corrected chi connectivity index (χ1v) is 5.17. The maximum Gasteiger partial charge on any atom is 0.280 e. The lowest BCUT2D eigenvalue weighted by Gasteiger charge is -2.02. The number of rotatable bonds is 1. The molecular formula is C12H10N4O. The van der Waals surface area contributed by atoms with E-state index in [0.29, 0.717) is 11.4 Å². The molecule has 0 unspecified atom stereocenters. The highest BCUT2D eigenvalue weighted by Gasteiger charge is 2.12. The highest BCUT2D eigenvalue weighted by Crippen LogP contribution is 2.15. The van der Waals surface area contributed by atoms with Gasteiger partial charge < -0.3 is 10.7 Å². The second-order valence-electron chi connectivity index (χ2n) is 3.75. The van der Waals surface area contributed by atoms with E-state index >= 15 is 0 Å². The third kappa shape index (κ3) is 1.48. The van der Waals surface area contributed by atoms with Crippen molar-refractivity contribution >= 4 is 22.6 Å². The Morgan fingerprint density at radius 2 is 2.18 bits per heavy atom. The number of aromatic nitrogens is 3. The molecule has 2 aromatic heterocycles. The van der Waals surface area contributed by atoms with Gasteiger partial charge in [-0.2, -0.15) is 9.78 Å². The maximum absolute atomic E-state index is 12.1. The van der Waals surface area contributed by atoms with E-state index < -0.39 is 0 Å². The van der Waals surface area contributed by atoms with Crippen molar-refractivity contribution in [3.8, 4) is 0 Å². The Morgan fingerprint density at radius 1 is 1.29 bits per heavy atom. The summed E-state index contributed by atoms with van der Waals surface area (Å²) in [5.41, 5.74) is 7.20. The van der Waals surface area contributed by atoms with Gasteiger partial charge in [0.05, 0.1) is 6.20 Å². The number of benzene rings is 1. The van der Waals surface area contributed by atoms with E-state index in [1.54, 1.807) is 12.1 Å². The fourth-order valence-corrected chi connectivity index (χ4v) is 1.79. The molecule has 0 aliphatic rings. The summed E-state index contributed by atoms with van der Waals surface area (Å²) in [6.07, 6.45) is 3.34. The Hall–Kier alpha value is -2.56. The molecule has 3 rings (SSSR count). The normalized spacial score (nSPS) is 10.8. The van der Waals surface area contributed by atoms with Gasteiger partial charge in [-0.05, 0) is 24.3 Å². The van der Waals surface area contributed by atoms with Crippen molar-refractivity contribution in [3.05, 3.63) is 48.3 Å². The summed E-state index contributed by atoms with van der Waals surface area (Å²) in [7, 11) is 0.